The molecule has 1 aromatic heterocycles. The van der Waals surface area contributed by atoms with E-state index in [-0.39, 0.29) is 10.6 Å². The zero-order valence-corrected chi connectivity index (χ0v) is 11.2. The number of hydrogen-bond donors (Lipinski definition) is 1. The lowest BCUT2D eigenvalue weighted by molar-refractivity contribution is 0.219. The van der Waals surface area contributed by atoms with Crippen LogP contribution in [0.15, 0.2) is 24.3 Å². The van der Waals surface area contributed by atoms with E-state index < -0.39 is 11.9 Å². The molecule has 0 spiro atoms. The fourth-order valence-corrected chi connectivity index (χ4v) is 3.01. The van der Waals surface area contributed by atoms with E-state index in [1.807, 2.05) is 6.92 Å². The van der Waals surface area contributed by atoms with Gasteiger partial charge in [0.25, 0.3) is 0 Å². The lowest BCUT2D eigenvalue weighted by atomic mass is 10.1. The molecule has 90 valence electrons. The number of aliphatic hydroxyl groups excluding tert-OH is 1. The predicted octanol–water partition coefficient (Wildman–Crippen LogP) is 4.58. The highest BCUT2D eigenvalue weighted by atomic mass is 35.5. The molecule has 1 nitrogen and oxygen atoms in total. The molecule has 2 aromatic rings. The van der Waals surface area contributed by atoms with Gasteiger partial charge in [0.2, 0.25) is 0 Å². The van der Waals surface area contributed by atoms with Crippen molar-refractivity contribution in [1.82, 2.24) is 0 Å². The molecule has 0 bridgehead atoms. The maximum Gasteiger partial charge on any atom is 0.130 e. The van der Waals surface area contributed by atoms with Gasteiger partial charge in [0, 0.05) is 15.5 Å². The zero-order chi connectivity index (χ0) is 12.6. The van der Waals surface area contributed by atoms with Crippen LogP contribution in [0.2, 0.25) is 9.36 Å². The van der Waals surface area contributed by atoms with Gasteiger partial charge in [0.05, 0.1) is 4.34 Å². The summed E-state index contributed by atoms with van der Waals surface area (Å²) in [6.07, 6.45) is -1.08. The van der Waals surface area contributed by atoms with Crippen molar-refractivity contribution in [1.29, 1.82) is 0 Å². The summed E-state index contributed by atoms with van der Waals surface area (Å²) in [6, 6.07) is 6.05. The van der Waals surface area contributed by atoms with Crippen LogP contribution in [0.5, 0.6) is 0 Å². The van der Waals surface area contributed by atoms with E-state index >= 15 is 0 Å². The Bertz CT molecular complexity index is 514. The average molecular weight is 291 g/mol. The molecule has 1 unspecified atom stereocenters. The van der Waals surface area contributed by atoms with Crippen molar-refractivity contribution in [3.05, 3.63) is 55.4 Å². The van der Waals surface area contributed by atoms with Gasteiger partial charge in [-0.1, -0.05) is 29.3 Å². The van der Waals surface area contributed by atoms with Crippen LogP contribution in [0.4, 0.5) is 4.39 Å². The Labute approximate surface area is 112 Å². The molecule has 0 aliphatic heterocycles. The molecule has 2 rings (SSSR count). The van der Waals surface area contributed by atoms with E-state index in [1.54, 1.807) is 12.1 Å². The Kier molecular flexibility index (Phi) is 3.73. The molecule has 0 saturated heterocycles. The number of rotatable bonds is 2. The first-order valence-corrected chi connectivity index (χ1v) is 6.45. The van der Waals surface area contributed by atoms with Crippen LogP contribution < -0.4 is 0 Å². The smallest absolute Gasteiger partial charge is 0.130 e. The molecule has 17 heavy (non-hydrogen) atoms. The molecule has 0 radical (unpaired) electrons. The molecule has 1 heterocycles. The first kappa shape index (κ1) is 12.8. The number of aryl methyl sites for hydroxylation is 1. The van der Waals surface area contributed by atoms with Crippen molar-refractivity contribution in [2.75, 3.05) is 0 Å². The van der Waals surface area contributed by atoms with Gasteiger partial charge in [-0.25, -0.2) is 4.39 Å². The third-order valence-electron chi connectivity index (χ3n) is 2.42. The Morgan fingerprint density at radius 3 is 2.59 bits per heavy atom. The summed E-state index contributed by atoms with van der Waals surface area (Å²) in [6.45, 7) is 1.83. The third-order valence-corrected chi connectivity index (χ3v) is 4.36. The third kappa shape index (κ3) is 2.47. The van der Waals surface area contributed by atoms with Crippen LogP contribution in [0.3, 0.4) is 0 Å². The van der Waals surface area contributed by atoms with Gasteiger partial charge in [-0.15, -0.1) is 11.3 Å². The zero-order valence-electron chi connectivity index (χ0n) is 8.88. The van der Waals surface area contributed by atoms with Crippen LogP contribution in [0.1, 0.15) is 22.1 Å². The Morgan fingerprint density at radius 2 is 2.06 bits per heavy atom. The van der Waals surface area contributed by atoms with Crippen LogP contribution in [0.25, 0.3) is 0 Å². The summed E-state index contributed by atoms with van der Waals surface area (Å²) in [5.41, 5.74) is 0.949. The van der Waals surface area contributed by atoms with Crippen LogP contribution in [-0.4, -0.2) is 5.11 Å². The quantitative estimate of drug-likeness (QED) is 0.858. The minimum Gasteiger partial charge on any atom is -0.383 e. The van der Waals surface area contributed by atoms with Gasteiger partial charge in [-0.05, 0) is 30.7 Å². The lowest BCUT2D eigenvalue weighted by Crippen LogP contribution is -2.01. The number of hydrogen-bond acceptors (Lipinski definition) is 2. The van der Waals surface area contributed by atoms with E-state index in [1.165, 1.54) is 23.5 Å². The number of benzene rings is 1. The average Bonchev–Trinajstić information content (AvgIpc) is 2.59. The topological polar surface area (TPSA) is 20.2 Å². The van der Waals surface area contributed by atoms with E-state index in [4.69, 9.17) is 23.2 Å². The SMILES string of the molecule is Cc1cc(C(O)c2c(F)cccc2Cl)sc1Cl. The van der Waals surface area contributed by atoms with Gasteiger partial charge in [0.1, 0.15) is 11.9 Å². The van der Waals surface area contributed by atoms with E-state index in [0.29, 0.717) is 9.21 Å². The number of halogens is 3. The van der Waals surface area contributed by atoms with E-state index in [9.17, 15) is 9.50 Å². The normalized spacial score (nSPS) is 12.8. The molecule has 1 N–H and O–H groups in total. The summed E-state index contributed by atoms with van der Waals surface area (Å²) < 4.78 is 14.2. The Hall–Kier alpha value is -0.610. The van der Waals surface area contributed by atoms with E-state index in [0.717, 1.165) is 5.56 Å². The van der Waals surface area contributed by atoms with Crippen molar-refractivity contribution >= 4 is 34.5 Å². The van der Waals surface area contributed by atoms with Gasteiger partial charge in [-0.3, -0.25) is 0 Å². The minimum absolute atomic E-state index is 0.0899. The second-order valence-corrected chi connectivity index (χ2v) is 5.74. The van der Waals surface area contributed by atoms with Crippen molar-refractivity contribution in [3.63, 3.8) is 0 Å². The summed E-state index contributed by atoms with van der Waals surface area (Å²) in [4.78, 5) is 0.583. The number of thiophene rings is 1. The predicted molar refractivity (Wildman–Crippen MR) is 69.5 cm³/mol. The molecule has 0 saturated carbocycles. The number of aliphatic hydroxyl groups is 1. The molecule has 0 fully saturated rings. The molecule has 0 aliphatic rings. The van der Waals surface area contributed by atoms with Crippen molar-refractivity contribution in [2.24, 2.45) is 0 Å². The maximum atomic E-state index is 13.6. The molecule has 1 atom stereocenters. The maximum absolute atomic E-state index is 13.6. The lowest BCUT2D eigenvalue weighted by Gasteiger charge is -2.11. The highest BCUT2D eigenvalue weighted by Gasteiger charge is 2.20. The highest BCUT2D eigenvalue weighted by Crippen LogP contribution is 2.37. The Balaban J connectivity index is 2.47. The van der Waals surface area contributed by atoms with Crippen molar-refractivity contribution in [3.8, 4) is 0 Å². The van der Waals surface area contributed by atoms with Gasteiger partial charge >= 0.3 is 0 Å². The molecule has 1 aromatic carbocycles. The standard InChI is InChI=1S/C12H9Cl2FOS/c1-6-5-9(17-12(6)14)11(16)10-7(13)3-2-4-8(10)15/h2-5,11,16H,1H3. The second kappa shape index (κ2) is 4.94. The second-order valence-electron chi connectivity index (χ2n) is 3.64. The van der Waals surface area contributed by atoms with Crippen LogP contribution >= 0.6 is 34.5 Å². The largest absolute Gasteiger partial charge is 0.383 e. The monoisotopic (exact) mass is 290 g/mol. The van der Waals surface area contributed by atoms with Crippen LogP contribution in [0, 0.1) is 12.7 Å². The first-order valence-electron chi connectivity index (χ1n) is 4.88. The molecule has 0 aliphatic carbocycles. The molecular formula is C12H9Cl2FOS. The summed E-state index contributed by atoms with van der Waals surface area (Å²) in [5, 5.41) is 10.3. The molecule has 0 amide bonds. The minimum atomic E-state index is -1.08. The van der Waals surface area contributed by atoms with Gasteiger partial charge in [-0.2, -0.15) is 0 Å². The fraction of sp³-hybridized carbons (Fsp3) is 0.167. The highest BCUT2D eigenvalue weighted by molar-refractivity contribution is 7.16. The fourth-order valence-electron chi connectivity index (χ4n) is 1.53. The van der Waals surface area contributed by atoms with E-state index in [2.05, 4.69) is 0 Å². The molecule has 5 heteroatoms. The summed E-state index contributed by atoms with van der Waals surface area (Å²) in [5.74, 6) is -0.521. The summed E-state index contributed by atoms with van der Waals surface area (Å²) in [7, 11) is 0. The van der Waals surface area contributed by atoms with Crippen molar-refractivity contribution in [2.45, 2.75) is 13.0 Å². The van der Waals surface area contributed by atoms with Gasteiger partial charge in [0.15, 0.2) is 0 Å². The Morgan fingerprint density at radius 1 is 1.35 bits per heavy atom. The van der Waals surface area contributed by atoms with Crippen LogP contribution in [-0.2, 0) is 0 Å². The molecular weight excluding hydrogens is 282 g/mol. The van der Waals surface area contributed by atoms with Crippen molar-refractivity contribution < 1.29 is 9.50 Å². The summed E-state index contributed by atoms with van der Waals surface area (Å²) >= 11 is 13.0. The first-order chi connectivity index (χ1) is 8.00. The van der Waals surface area contributed by atoms with Gasteiger partial charge < -0.3 is 5.11 Å².